The van der Waals surface area contributed by atoms with Crippen molar-refractivity contribution < 1.29 is 14.7 Å². The van der Waals surface area contributed by atoms with E-state index in [0.29, 0.717) is 44.4 Å². The fraction of sp³-hybridized carbons (Fsp3) is 0.889. The predicted octanol–water partition coefficient (Wildman–Crippen LogP) is 0.202. The van der Waals surface area contributed by atoms with Crippen molar-refractivity contribution in [3.63, 3.8) is 0 Å². The van der Waals surface area contributed by atoms with Crippen LogP contribution in [-0.4, -0.2) is 96.1 Å². The number of rotatable bonds is 3. The lowest BCUT2D eigenvalue weighted by Crippen LogP contribution is -2.55. The molecule has 158 valence electrons. The van der Waals surface area contributed by atoms with Gasteiger partial charge in [0.15, 0.2) is 0 Å². The van der Waals surface area contributed by atoms with Crippen LogP contribution in [0.25, 0.3) is 0 Å². The summed E-state index contributed by atoms with van der Waals surface area (Å²) in [5.74, 6) is 1.47. The zero-order chi connectivity index (χ0) is 18.0. The third kappa shape index (κ3) is 6.46. The molecular weight excluding hydrogens is 391 g/mol. The third-order valence-electron chi connectivity index (χ3n) is 5.67. The summed E-state index contributed by atoms with van der Waals surface area (Å²) < 4.78 is 0. The fourth-order valence-electron chi connectivity index (χ4n) is 4.41. The monoisotopic (exact) mass is 424 g/mol. The van der Waals surface area contributed by atoms with E-state index in [1.807, 2.05) is 9.80 Å². The highest BCUT2D eigenvalue weighted by atomic mass is 35.5. The van der Waals surface area contributed by atoms with Crippen LogP contribution < -0.4 is 5.32 Å². The number of nitrogens with one attached hydrogen (secondary N) is 1. The van der Waals surface area contributed by atoms with E-state index in [9.17, 15) is 14.7 Å². The minimum absolute atomic E-state index is 0. The molecule has 0 aromatic rings. The summed E-state index contributed by atoms with van der Waals surface area (Å²) in [5.41, 5.74) is 0. The first-order chi connectivity index (χ1) is 11.9. The smallest absolute Gasteiger partial charge is 0.239 e. The van der Waals surface area contributed by atoms with Crippen LogP contribution in [0.15, 0.2) is 0 Å². The van der Waals surface area contributed by atoms with E-state index in [0.717, 1.165) is 26.2 Å². The van der Waals surface area contributed by atoms with E-state index in [1.165, 1.54) is 6.42 Å². The van der Waals surface area contributed by atoms with Crippen LogP contribution in [0.3, 0.4) is 0 Å². The van der Waals surface area contributed by atoms with Crippen molar-refractivity contribution in [3.8, 4) is 0 Å². The molecule has 4 unspecified atom stereocenters. The van der Waals surface area contributed by atoms with E-state index >= 15 is 0 Å². The molecule has 3 rings (SSSR count). The number of carbonyl (C=O) groups is 2. The van der Waals surface area contributed by atoms with Gasteiger partial charge in [-0.05, 0) is 24.7 Å². The van der Waals surface area contributed by atoms with Crippen molar-refractivity contribution >= 4 is 36.6 Å². The standard InChI is InChI=1S/C18H32N4O3.2ClH/c1-13-7-14(2)11-22(10-13)17(24)12-20-3-5-21(6-4-20)18(25)16-8-15(23)9-19-16;;/h13-16,19,23H,3-12H2,1-2H3;2*1H. The molecule has 3 aliphatic rings. The van der Waals surface area contributed by atoms with Gasteiger partial charge in [0.25, 0.3) is 0 Å². The van der Waals surface area contributed by atoms with Crippen LogP contribution in [-0.2, 0) is 9.59 Å². The maximum Gasteiger partial charge on any atom is 0.239 e. The Morgan fingerprint density at radius 2 is 1.56 bits per heavy atom. The molecule has 0 bridgehead atoms. The molecule has 3 aliphatic heterocycles. The van der Waals surface area contributed by atoms with Crippen molar-refractivity contribution in [1.29, 1.82) is 0 Å². The van der Waals surface area contributed by atoms with Gasteiger partial charge in [-0.3, -0.25) is 14.5 Å². The zero-order valence-corrected chi connectivity index (χ0v) is 17.9. The van der Waals surface area contributed by atoms with Crippen molar-refractivity contribution in [2.45, 2.75) is 38.8 Å². The van der Waals surface area contributed by atoms with Gasteiger partial charge in [0, 0.05) is 45.8 Å². The Kier molecular flexibility index (Phi) is 9.79. The van der Waals surface area contributed by atoms with Crippen LogP contribution in [0.1, 0.15) is 26.7 Å². The molecule has 27 heavy (non-hydrogen) atoms. The number of amides is 2. The third-order valence-corrected chi connectivity index (χ3v) is 5.67. The second-order valence-corrected chi connectivity index (χ2v) is 8.20. The topological polar surface area (TPSA) is 76.1 Å². The predicted molar refractivity (Wildman–Crippen MR) is 109 cm³/mol. The van der Waals surface area contributed by atoms with Crippen LogP contribution in [0.2, 0.25) is 0 Å². The number of aliphatic hydroxyl groups is 1. The number of β-amino-alcohol motifs (C(OH)–C–C–N with tert-alkyl or cyclic N) is 1. The van der Waals surface area contributed by atoms with Crippen molar-refractivity contribution in [2.75, 3.05) is 52.4 Å². The average Bonchev–Trinajstić information content (AvgIpc) is 3.00. The van der Waals surface area contributed by atoms with E-state index in [-0.39, 0.29) is 42.7 Å². The number of halogens is 2. The lowest BCUT2D eigenvalue weighted by molar-refractivity contribution is -0.137. The van der Waals surface area contributed by atoms with Gasteiger partial charge in [-0.2, -0.15) is 0 Å². The molecule has 0 radical (unpaired) electrons. The Hall–Kier alpha value is -0.600. The van der Waals surface area contributed by atoms with Gasteiger partial charge in [0.2, 0.25) is 11.8 Å². The van der Waals surface area contributed by atoms with Crippen LogP contribution in [0, 0.1) is 11.8 Å². The maximum atomic E-state index is 12.6. The van der Waals surface area contributed by atoms with Crippen molar-refractivity contribution in [2.24, 2.45) is 11.8 Å². The van der Waals surface area contributed by atoms with E-state index in [1.54, 1.807) is 0 Å². The van der Waals surface area contributed by atoms with Gasteiger partial charge in [-0.1, -0.05) is 13.8 Å². The summed E-state index contributed by atoms with van der Waals surface area (Å²) in [5, 5.41) is 12.6. The molecule has 9 heteroatoms. The molecule has 0 aromatic heterocycles. The minimum Gasteiger partial charge on any atom is -0.392 e. The van der Waals surface area contributed by atoms with Gasteiger partial charge in [-0.25, -0.2) is 0 Å². The highest BCUT2D eigenvalue weighted by molar-refractivity contribution is 5.85. The number of likely N-dealkylation sites (tertiary alicyclic amines) is 1. The average molecular weight is 425 g/mol. The van der Waals surface area contributed by atoms with Gasteiger partial charge in [0.05, 0.1) is 18.7 Å². The summed E-state index contributed by atoms with van der Waals surface area (Å²) in [7, 11) is 0. The summed E-state index contributed by atoms with van der Waals surface area (Å²) in [6.07, 6.45) is 1.29. The number of piperazine rings is 1. The Morgan fingerprint density at radius 3 is 2.07 bits per heavy atom. The molecule has 2 amide bonds. The molecule has 3 fully saturated rings. The summed E-state index contributed by atoms with van der Waals surface area (Å²) in [6, 6.07) is -0.250. The molecule has 0 aliphatic carbocycles. The SMILES string of the molecule is CC1CC(C)CN(C(=O)CN2CCN(C(=O)C3CC(O)CN3)CC2)C1.Cl.Cl. The number of carbonyl (C=O) groups excluding carboxylic acids is 2. The maximum absolute atomic E-state index is 12.6. The molecular formula is C18H34Cl2N4O3. The molecule has 3 saturated heterocycles. The Bertz CT molecular complexity index is 493. The number of nitrogens with zero attached hydrogens (tertiary/aromatic N) is 3. The highest BCUT2D eigenvalue weighted by Gasteiger charge is 2.33. The molecule has 2 N–H and O–H groups in total. The number of hydrogen-bond acceptors (Lipinski definition) is 5. The number of hydrogen-bond donors (Lipinski definition) is 2. The summed E-state index contributed by atoms with van der Waals surface area (Å²) in [6.45, 7) is 9.94. The van der Waals surface area contributed by atoms with Crippen LogP contribution in [0.4, 0.5) is 0 Å². The number of aliphatic hydroxyl groups excluding tert-OH is 1. The molecule has 3 heterocycles. The van der Waals surface area contributed by atoms with Gasteiger partial charge >= 0.3 is 0 Å². The van der Waals surface area contributed by atoms with Crippen molar-refractivity contribution in [3.05, 3.63) is 0 Å². The van der Waals surface area contributed by atoms with Gasteiger partial charge in [0.1, 0.15) is 0 Å². The quantitative estimate of drug-likeness (QED) is 0.676. The molecule has 0 aromatic carbocycles. The van der Waals surface area contributed by atoms with Gasteiger partial charge < -0.3 is 20.2 Å². The molecule has 0 saturated carbocycles. The highest BCUT2D eigenvalue weighted by Crippen LogP contribution is 2.21. The lowest BCUT2D eigenvalue weighted by atomic mass is 9.92. The zero-order valence-electron chi connectivity index (χ0n) is 16.3. The lowest BCUT2D eigenvalue weighted by Gasteiger charge is -2.38. The first kappa shape index (κ1) is 24.4. The van der Waals surface area contributed by atoms with E-state index < -0.39 is 6.10 Å². The summed E-state index contributed by atoms with van der Waals surface area (Å²) in [4.78, 5) is 31.1. The van der Waals surface area contributed by atoms with Crippen LogP contribution in [0.5, 0.6) is 0 Å². The number of piperidine rings is 1. The normalized spacial score (nSPS) is 31.8. The Balaban J connectivity index is 0.00000182. The Morgan fingerprint density at radius 1 is 0.963 bits per heavy atom. The van der Waals surface area contributed by atoms with Gasteiger partial charge in [-0.15, -0.1) is 24.8 Å². The van der Waals surface area contributed by atoms with Crippen molar-refractivity contribution in [1.82, 2.24) is 20.0 Å². The molecule has 7 nitrogen and oxygen atoms in total. The molecule has 0 spiro atoms. The second kappa shape index (κ2) is 10.8. The summed E-state index contributed by atoms with van der Waals surface area (Å²) >= 11 is 0. The van der Waals surface area contributed by atoms with E-state index in [4.69, 9.17) is 0 Å². The largest absolute Gasteiger partial charge is 0.392 e. The fourth-order valence-corrected chi connectivity index (χ4v) is 4.41. The minimum atomic E-state index is -0.415. The Labute approximate surface area is 174 Å². The van der Waals surface area contributed by atoms with E-state index in [2.05, 4.69) is 24.1 Å². The first-order valence-corrected chi connectivity index (χ1v) is 9.62. The second-order valence-electron chi connectivity index (χ2n) is 8.20. The van der Waals surface area contributed by atoms with Crippen LogP contribution >= 0.6 is 24.8 Å². The first-order valence-electron chi connectivity index (χ1n) is 9.62. The molecule has 4 atom stereocenters.